The van der Waals surface area contributed by atoms with E-state index >= 15 is 0 Å². The van der Waals surface area contributed by atoms with Crippen molar-refractivity contribution in [3.8, 4) is 17.3 Å². The summed E-state index contributed by atoms with van der Waals surface area (Å²) >= 11 is 0. The summed E-state index contributed by atoms with van der Waals surface area (Å²) in [6.07, 6.45) is 2.98. The number of nitrogens with one attached hydrogen (secondary N) is 1. The zero-order chi connectivity index (χ0) is 18.4. The third-order valence-electron chi connectivity index (χ3n) is 4.04. The largest absolute Gasteiger partial charge is 0.491 e. The van der Waals surface area contributed by atoms with Crippen molar-refractivity contribution in [1.82, 2.24) is 19.7 Å². The summed E-state index contributed by atoms with van der Waals surface area (Å²) in [6, 6.07) is 11.7. The molecule has 0 unspecified atom stereocenters. The summed E-state index contributed by atoms with van der Waals surface area (Å²) in [5, 5.41) is 4.58. The maximum absolute atomic E-state index is 12.1. The summed E-state index contributed by atoms with van der Waals surface area (Å²) in [7, 11) is 3.11. The maximum atomic E-state index is 12.1. The van der Waals surface area contributed by atoms with Crippen molar-refractivity contribution < 1.29 is 9.47 Å². The number of hydrogen-bond acceptors (Lipinski definition) is 5. The van der Waals surface area contributed by atoms with E-state index in [4.69, 9.17) is 9.47 Å². The first-order valence-corrected chi connectivity index (χ1v) is 8.45. The van der Waals surface area contributed by atoms with E-state index in [-0.39, 0.29) is 11.2 Å². The van der Waals surface area contributed by atoms with Crippen LogP contribution < -0.4 is 10.2 Å². The zero-order valence-corrected chi connectivity index (χ0v) is 14.9. The van der Waals surface area contributed by atoms with E-state index in [9.17, 15) is 4.79 Å². The minimum atomic E-state index is -0.197. The number of aromatic nitrogens is 4. The number of aryl methyl sites for hydroxylation is 2. The van der Waals surface area contributed by atoms with Gasteiger partial charge >= 0.3 is 0 Å². The van der Waals surface area contributed by atoms with Crippen LogP contribution in [0.25, 0.3) is 11.5 Å². The lowest BCUT2D eigenvalue weighted by Gasteiger charge is -2.07. The summed E-state index contributed by atoms with van der Waals surface area (Å²) in [4.78, 5) is 19.8. The van der Waals surface area contributed by atoms with Crippen LogP contribution in [0.5, 0.6) is 5.75 Å². The molecule has 2 aromatic heterocycles. The third-order valence-corrected chi connectivity index (χ3v) is 4.04. The van der Waals surface area contributed by atoms with E-state index in [0.717, 1.165) is 6.42 Å². The van der Waals surface area contributed by atoms with Crippen LogP contribution in [0.3, 0.4) is 0 Å². The fourth-order valence-electron chi connectivity index (χ4n) is 2.67. The van der Waals surface area contributed by atoms with E-state index in [1.807, 2.05) is 22.9 Å². The minimum Gasteiger partial charge on any atom is -0.491 e. The lowest BCUT2D eigenvalue weighted by molar-refractivity contribution is 0.200. The molecule has 0 aliphatic carbocycles. The van der Waals surface area contributed by atoms with Crippen LogP contribution in [-0.4, -0.2) is 40.6 Å². The van der Waals surface area contributed by atoms with E-state index in [0.29, 0.717) is 36.9 Å². The Bertz CT molecular complexity index is 903. The molecule has 1 N–H and O–H groups in total. The predicted octanol–water partition coefficient (Wildman–Crippen LogP) is 2.07. The molecule has 3 rings (SSSR count). The van der Waals surface area contributed by atoms with E-state index in [1.54, 1.807) is 13.3 Å². The number of H-pyrrole nitrogens is 1. The maximum Gasteiger partial charge on any atom is 0.224 e. The first kappa shape index (κ1) is 17.9. The van der Waals surface area contributed by atoms with Gasteiger partial charge in [0.25, 0.3) is 0 Å². The van der Waals surface area contributed by atoms with Crippen LogP contribution in [0.1, 0.15) is 11.4 Å². The highest BCUT2D eigenvalue weighted by Crippen LogP contribution is 2.16. The number of ether oxygens (including phenoxy) is 2. The Morgan fingerprint density at radius 1 is 1.15 bits per heavy atom. The number of hydrogen-bond donors (Lipinski definition) is 1. The number of aromatic amines is 1. The van der Waals surface area contributed by atoms with Crippen molar-refractivity contribution in [2.24, 2.45) is 0 Å². The third kappa shape index (κ3) is 4.18. The minimum absolute atomic E-state index is 0.197. The second-order valence-electron chi connectivity index (χ2n) is 5.83. The molecule has 26 heavy (non-hydrogen) atoms. The second kappa shape index (κ2) is 8.44. The summed E-state index contributed by atoms with van der Waals surface area (Å²) in [5.41, 5.74) is 1.63. The topological polar surface area (TPSA) is 82.0 Å². The Morgan fingerprint density at radius 3 is 2.65 bits per heavy atom. The molecule has 0 saturated heterocycles. The molecule has 3 aromatic rings. The van der Waals surface area contributed by atoms with Gasteiger partial charge in [-0.25, -0.2) is 9.67 Å². The zero-order valence-electron chi connectivity index (χ0n) is 14.9. The van der Waals surface area contributed by atoms with Gasteiger partial charge < -0.3 is 14.5 Å². The second-order valence-corrected chi connectivity index (χ2v) is 5.83. The molecule has 0 aliphatic rings. The highest BCUT2D eigenvalue weighted by atomic mass is 16.5. The number of rotatable bonds is 8. The molecule has 0 fully saturated rings. The average molecular weight is 354 g/mol. The fraction of sp³-hybridized carbons (Fsp3) is 0.316. The van der Waals surface area contributed by atoms with Crippen molar-refractivity contribution in [2.75, 3.05) is 20.8 Å². The predicted molar refractivity (Wildman–Crippen MR) is 98.4 cm³/mol. The van der Waals surface area contributed by atoms with Gasteiger partial charge in [-0.2, -0.15) is 5.10 Å². The molecule has 0 spiro atoms. The Morgan fingerprint density at radius 2 is 1.96 bits per heavy atom. The van der Waals surface area contributed by atoms with Crippen molar-refractivity contribution in [3.05, 3.63) is 64.2 Å². The van der Waals surface area contributed by atoms with Crippen LogP contribution in [0.4, 0.5) is 0 Å². The number of pyridine rings is 1. The van der Waals surface area contributed by atoms with Crippen molar-refractivity contribution >= 4 is 0 Å². The molecule has 136 valence electrons. The van der Waals surface area contributed by atoms with Crippen LogP contribution in [0.2, 0.25) is 0 Å². The molecule has 0 radical (unpaired) electrons. The first-order valence-electron chi connectivity index (χ1n) is 8.45. The van der Waals surface area contributed by atoms with Crippen LogP contribution >= 0.6 is 0 Å². The highest BCUT2D eigenvalue weighted by molar-refractivity contribution is 5.50. The normalized spacial score (nSPS) is 10.8. The number of nitrogens with zero attached hydrogens (tertiary/aromatic N) is 3. The number of methoxy groups -OCH3 is 2. The SMILES string of the molecule is COCCc1nc(-c2cc(=O)c(OC)c[nH]2)n(CCc2ccccc2)n1. The Kier molecular flexibility index (Phi) is 5.80. The number of benzene rings is 1. The first-order chi connectivity index (χ1) is 12.7. The quantitative estimate of drug-likeness (QED) is 0.670. The molecule has 0 saturated carbocycles. The summed E-state index contributed by atoms with van der Waals surface area (Å²) in [5.74, 6) is 1.59. The van der Waals surface area contributed by atoms with Crippen molar-refractivity contribution in [2.45, 2.75) is 19.4 Å². The molecule has 7 nitrogen and oxygen atoms in total. The molecule has 1 aromatic carbocycles. The van der Waals surface area contributed by atoms with Gasteiger partial charge in [0, 0.05) is 32.3 Å². The lowest BCUT2D eigenvalue weighted by atomic mass is 10.1. The van der Waals surface area contributed by atoms with Gasteiger partial charge in [0.05, 0.1) is 19.4 Å². The fourth-order valence-corrected chi connectivity index (χ4v) is 2.67. The summed E-state index contributed by atoms with van der Waals surface area (Å²) in [6.45, 7) is 1.20. The monoisotopic (exact) mass is 354 g/mol. The van der Waals surface area contributed by atoms with Gasteiger partial charge in [-0.15, -0.1) is 0 Å². The highest BCUT2D eigenvalue weighted by Gasteiger charge is 2.14. The van der Waals surface area contributed by atoms with Gasteiger partial charge in [0.15, 0.2) is 17.4 Å². The standard InChI is InChI=1S/C19H22N4O3/c1-25-11-9-18-21-19(15-12-16(24)17(26-2)13-20-15)23(22-18)10-8-14-6-4-3-5-7-14/h3-7,12-13H,8-11H2,1-2H3,(H,20,24). The Labute approximate surface area is 151 Å². The van der Waals surface area contributed by atoms with Gasteiger partial charge in [-0.1, -0.05) is 30.3 Å². The molecule has 0 aliphatic heterocycles. The van der Waals surface area contributed by atoms with Gasteiger partial charge in [-0.3, -0.25) is 4.79 Å². The molecular weight excluding hydrogens is 332 g/mol. The average Bonchev–Trinajstić information content (AvgIpc) is 3.08. The van der Waals surface area contributed by atoms with Crippen molar-refractivity contribution in [1.29, 1.82) is 0 Å². The molecule has 0 amide bonds. The van der Waals surface area contributed by atoms with Crippen LogP contribution in [-0.2, 0) is 24.1 Å². The van der Waals surface area contributed by atoms with Crippen LogP contribution in [0.15, 0.2) is 47.4 Å². The molecule has 0 atom stereocenters. The van der Waals surface area contributed by atoms with Gasteiger partial charge in [0.2, 0.25) is 5.43 Å². The van der Waals surface area contributed by atoms with Gasteiger partial charge in [-0.05, 0) is 12.0 Å². The molecule has 0 bridgehead atoms. The Balaban J connectivity index is 1.90. The van der Waals surface area contributed by atoms with E-state index < -0.39 is 0 Å². The van der Waals surface area contributed by atoms with Gasteiger partial charge in [0.1, 0.15) is 0 Å². The van der Waals surface area contributed by atoms with Crippen LogP contribution in [0, 0.1) is 0 Å². The summed E-state index contributed by atoms with van der Waals surface area (Å²) < 4.78 is 12.0. The Hall–Kier alpha value is -2.93. The molecule has 2 heterocycles. The van der Waals surface area contributed by atoms with E-state index in [2.05, 4.69) is 27.2 Å². The molecular formula is C19H22N4O3. The molecule has 7 heteroatoms. The van der Waals surface area contributed by atoms with Crippen molar-refractivity contribution in [3.63, 3.8) is 0 Å². The lowest BCUT2D eigenvalue weighted by Crippen LogP contribution is -2.10. The smallest absolute Gasteiger partial charge is 0.224 e. The van der Waals surface area contributed by atoms with E-state index in [1.165, 1.54) is 18.7 Å².